The lowest BCUT2D eigenvalue weighted by Crippen LogP contribution is -2.28. The fourth-order valence-corrected chi connectivity index (χ4v) is 3.45. The maximum atomic E-state index is 12.4. The van der Waals surface area contributed by atoms with Gasteiger partial charge in [-0.2, -0.15) is 0 Å². The second-order valence-electron chi connectivity index (χ2n) is 6.31. The molecule has 1 heterocycles. The first-order valence-electron chi connectivity index (χ1n) is 8.35. The van der Waals surface area contributed by atoms with Gasteiger partial charge < -0.3 is 10.1 Å². The van der Waals surface area contributed by atoms with Crippen LogP contribution in [0.3, 0.4) is 0 Å². The van der Waals surface area contributed by atoms with Crippen LogP contribution < -0.4 is 5.32 Å². The Morgan fingerprint density at radius 2 is 1.81 bits per heavy atom. The minimum atomic E-state index is -0.521. The van der Waals surface area contributed by atoms with E-state index in [1.54, 1.807) is 0 Å². The van der Waals surface area contributed by atoms with E-state index in [-0.39, 0.29) is 24.7 Å². The molecule has 2 rings (SSSR count). The third-order valence-electron chi connectivity index (χ3n) is 4.14. The van der Waals surface area contributed by atoms with E-state index in [2.05, 4.69) is 5.32 Å². The summed E-state index contributed by atoms with van der Waals surface area (Å²) in [6, 6.07) is 7.04. The average molecular weight is 373 g/mol. The van der Waals surface area contributed by atoms with Crippen molar-refractivity contribution in [2.75, 3.05) is 6.61 Å². The number of thiophene rings is 1. The van der Waals surface area contributed by atoms with Crippen molar-refractivity contribution >= 4 is 29.0 Å². The van der Waals surface area contributed by atoms with Gasteiger partial charge >= 0.3 is 5.97 Å². The summed E-state index contributed by atoms with van der Waals surface area (Å²) in [5, 5.41) is 4.62. The average Bonchev–Trinajstić information content (AvgIpc) is 3.09. The molecule has 26 heavy (non-hydrogen) atoms. The number of esters is 1. The molecule has 1 amide bonds. The van der Waals surface area contributed by atoms with Gasteiger partial charge in [-0.3, -0.25) is 14.4 Å². The van der Waals surface area contributed by atoms with Crippen LogP contribution in [-0.4, -0.2) is 24.3 Å². The molecule has 0 radical (unpaired) electrons. The Kier molecular flexibility index (Phi) is 6.69. The van der Waals surface area contributed by atoms with Gasteiger partial charge in [-0.05, 0) is 55.0 Å². The quantitative estimate of drug-likeness (QED) is 0.594. The largest absolute Gasteiger partial charge is 0.457 e. The molecule has 5 nitrogen and oxygen atoms in total. The van der Waals surface area contributed by atoms with Crippen molar-refractivity contribution in [3.05, 3.63) is 56.8 Å². The molecule has 0 fully saturated rings. The molecule has 1 unspecified atom stereocenters. The standard InChI is InChI=1S/C20H23NO4S/c1-12-8-14(3)16(9-13(12)2)18(23)11-25-20(24)10-17(21-15(4)22)19-6-5-7-26-19/h5-9,17H,10-11H2,1-4H3,(H,21,22). The van der Waals surface area contributed by atoms with Gasteiger partial charge in [0, 0.05) is 17.4 Å². The molecule has 1 aromatic heterocycles. The molecule has 2 aromatic rings. The molecule has 6 heteroatoms. The van der Waals surface area contributed by atoms with Crippen molar-refractivity contribution in [2.24, 2.45) is 0 Å². The summed E-state index contributed by atoms with van der Waals surface area (Å²) in [5.74, 6) is -0.976. The normalized spacial score (nSPS) is 11.7. The van der Waals surface area contributed by atoms with Crippen molar-refractivity contribution in [1.29, 1.82) is 0 Å². The number of aryl methyl sites for hydroxylation is 3. The third kappa shape index (κ3) is 5.26. The zero-order valence-corrected chi connectivity index (χ0v) is 16.2. The first kappa shape index (κ1) is 19.8. The van der Waals surface area contributed by atoms with E-state index in [1.165, 1.54) is 18.3 Å². The zero-order chi connectivity index (χ0) is 19.3. The first-order chi connectivity index (χ1) is 12.3. The van der Waals surface area contributed by atoms with Gasteiger partial charge in [-0.15, -0.1) is 11.3 Å². The number of Topliss-reactive ketones (excluding diaryl/α,β-unsaturated/α-hetero) is 1. The summed E-state index contributed by atoms with van der Waals surface area (Å²) in [4.78, 5) is 36.8. The number of hydrogen-bond acceptors (Lipinski definition) is 5. The number of rotatable bonds is 7. The fraction of sp³-hybridized carbons (Fsp3) is 0.350. The SMILES string of the molecule is CC(=O)NC(CC(=O)OCC(=O)c1cc(C)c(C)cc1C)c1cccs1. The summed E-state index contributed by atoms with van der Waals surface area (Å²) >= 11 is 1.45. The third-order valence-corrected chi connectivity index (χ3v) is 5.13. The number of nitrogens with one attached hydrogen (secondary N) is 1. The number of ether oxygens (including phenoxy) is 1. The highest BCUT2D eigenvalue weighted by Crippen LogP contribution is 2.22. The number of carbonyl (C=O) groups is 3. The van der Waals surface area contributed by atoms with Crippen LogP contribution in [0.15, 0.2) is 29.6 Å². The Bertz CT molecular complexity index is 811. The topological polar surface area (TPSA) is 72.5 Å². The molecule has 0 saturated carbocycles. The molecule has 0 aliphatic heterocycles. The van der Waals surface area contributed by atoms with Crippen molar-refractivity contribution in [3.63, 3.8) is 0 Å². The molecule has 0 bridgehead atoms. The maximum absolute atomic E-state index is 12.4. The minimum Gasteiger partial charge on any atom is -0.457 e. The van der Waals surface area contributed by atoms with Gasteiger partial charge in [0.2, 0.25) is 11.7 Å². The van der Waals surface area contributed by atoms with E-state index < -0.39 is 12.0 Å². The molecule has 0 saturated heterocycles. The predicted molar refractivity (Wildman–Crippen MR) is 101 cm³/mol. The molecule has 0 aliphatic rings. The van der Waals surface area contributed by atoms with Crippen LogP contribution in [0.25, 0.3) is 0 Å². The van der Waals surface area contributed by atoms with Gasteiger partial charge in [-0.25, -0.2) is 0 Å². The van der Waals surface area contributed by atoms with Gasteiger partial charge in [0.05, 0.1) is 12.5 Å². The smallest absolute Gasteiger partial charge is 0.308 e. The molecular formula is C20H23NO4S. The van der Waals surface area contributed by atoms with Gasteiger partial charge in [0.1, 0.15) is 0 Å². The van der Waals surface area contributed by atoms with E-state index >= 15 is 0 Å². The number of carbonyl (C=O) groups excluding carboxylic acids is 3. The minimum absolute atomic E-state index is 0.0146. The highest BCUT2D eigenvalue weighted by molar-refractivity contribution is 7.10. The molecule has 0 aliphatic carbocycles. The Morgan fingerprint density at radius 1 is 1.12 bits per heavy atom. The van der Waals surface area contributed by atoms with E-state index in [9.17, 15) is 14.4 Å². The second-order valence-corrected chi connectivity index (χ2v) is 7.29. The number of amides is 1. The van der Waals surface area contributed by atoms with Crippen LogP contribution in [0, 0.1) is 20.8 Å². The highest BCUT2D eigenvalue weighted by atomic mass is 32.1. The van der Waals surface area contributed by atoms with Crippen molar-refractivity contribution in [3.8, 4) is 0 Å². The Labute approximate surface area is 157 Å². The summed E-state index contributed by atoms with van der Waals surface area (Å²) in [5.41, 5.74) is 3.57. The van der Waals surface area contributed by atoms with Gasteiger partial charge in [0.25, 0.3) is 0 Å². The Hall–Kier alpha value is -2.47. The predicted octanol–water partition coefficient (Wildman–Crippen LogP) is 3.67. The molecule has 0 spiro atoms. The lowest BCUT2D eigenvalue weighted by Gasteiger charge is -2.16. The van der Waals surface area contributed by atoms with Crippen molar-refractivity contribution in [1.82, 2.24) is 5.32 Å². The summed E-state index contributed by atoms with van der Waals surface area (Å²) < 4.78 is 5.16. The number of benzene rings is 1. The van der Waals surface area contributed by atoms with E-state index in [0.717, 1.165) is 21.6 Å². The lowest BCUT2D eigenvalue weighted by molar-refractivity contribution is -0.143. The van der Waals surface area contributed by atoms with Crippen LogP contribution in [-0.2, 0) is 14.3 Å². The van der Waals surface area contributed by atoms with E-state index in [1.807, 2.05) is 50.4 Å². The second kappa shape index (κ2) is 8.76. The Balaban J connectivity index is 1.98. The van der Waals surface area contributed by atoms with E-state index in [0.29, 0.717) is 5.56 Å². The molecule has 138 valence electrons. The van der Waals surface area contributed by atoms with Gasteiger partial charge in [0.15, 0.2) is 6.61 Å². The molecular weight excluding hydrogens is 350 g/mol. The fourth-order valence-electron chi connectivity index (χ4n) is 2.67. The van der Waals surface area contributed by atoms with Crippen LogP contribution in [0.5, 0.6) is 0 Å². The zero-order valence-electron chi connectivity index (χ0n) is 15.4. The highest BCUT2D eigenvalue weighted by Gasteiger charge is 2.20. The van der Waals surface area contributed by atoms with Gasteiger partial charge in [-0.1, -0.05) is 12.1 Å². The monoisotopic (exact) mass is 373 g/mol. The van der Waals surface area contributed by atoms with Crippen molar-refractivity contribution < 1.29 is 19.1 Å². The van der Waals surface area contributed by atoms with Crippen LogP contribution in [0.1, 0.15) is 51.3 Å². The summed E-state index contributed by atoms with van der Waals surface area (Å²) in [7, 11) is 0. The Morgan fingerprint density at radius 3 is 2.42 bits per heavy atom. The number of hydrogen-bond donors (Lipinski definition) is 1. The van der Waals surface area contributed by atoms with Crippen LogP contribution in [0.2, 0.25) is 0 Å². The molecule has 1 atom stereocenters. The van der Waals surface area contributed by atoms with Crippen LogP contribution >= 0.6 is 11.3 Å². The summed E-state index contributed by atoms with van der Waals surface area (Å²) in [6.07, 6.45) is -0.0146. The number of ketones is 1. The maximum Gasteiger partial charge on any atom is 0.308 e. The molecule has 1 N–H and O–H groups in total. The molecule has 1 aromatic carbocycles. The van der Waals surface area contributed by atoms with Crippen LogP contribution in [0.4, 0.5) is 0 Å². The summed E-state index contributed by atoms with van der Waals surface area (Å²) in [6.45, 7) is 6.89. The van der Waals surface area contributed by atoms with E-state index in [4.69, 9.17) is 4.74 Å². The van der Waals surface area contributed by atoms with Crippen molar-refractivity contribution in [2.45, 2.75) is 40.2 Å². The lowest BCUT2D eigenvalue weighted by atomic mass is 9.98. The first-order valence-corrected chi connectivity index (χ1v) is 9.23.